The van der Waals surface area contributed by atoms with Crippen LogP contribution in [0.2, 0.25) is 0 Å². The predicted octanol–water partition coefficient (Wildman–Crippen LogP) is 5.14. The zero-order chi connectivity index (χ0) is 14.0. The van der Waals surface area contributed by atoms with Crippen LogP contribution in [0, 0.1) is 11.3 Å². The molecule has 0 saturated heterocycles. The van der Waals surface area contributed by atoms with Gasteiger partial charge < -0.3 is 0 Å². The minimum Gasteiger partial charge on any atom is -0.247 e. The maximum atomic E-state index is 11.4. The topological polar surface area (TPSA) is 37.0 Å². The molecule has 0 aromatic rings. The average Bonchev–Trinajstić information content (AvgIpc) is 2.35. The Bertz CT molecular complexity index is 219. The Morgan fingerprint density at radius 1 is 0.944 bits per heavy atom. The fourth-order valence-corrected chi connectivity index (χ4v) is 2.94. The third-order valence-electron chi connectivity index (χ3n) is 4.60. The standard InChI is InChI=1S/C16H31O2/c1-5-8-9-10-11-12-13-14(4)16(6-2,7-3)15(17)18/h14H,5-13H2,1-4H3. The van der Waals surface area contributed by atoms with Crippen LogP contribution in [0.4, 0.5) is 0 Å². The van der Waals surface area contributed by atoms with Gasteiger partial charge in [-0.15, -0.1) is 0 Å². The third kappa shape index (κ3) is 4.99. The summed E-state index contributed by atoms with van der Waals surface area (Å²) in [7, 11) is 0. The first kappa shape index (κ1) is 17.5. The van der Waals surface area contributed by atoms with E-state index in [0.717, 1.165) is 12.8 Å². The molecular weight excluding hydrogens is 224 g/mol. The van der Waals surface area contributed by atoms with Gasteiger partial charge in [-0.2, -0.15) is 0 Å². The largest absolute Gasteiger partial charge is 0.361 e. The Kier molecular flexibility index (Phi) is 9.13. The molecule has 1 unspecified atom stereocenters. The van der Waals surface area contributed by atoms with Crippen molar-refractivity contribution in [3.63, 3.8) is 0 Å². The van der Waals surface area contributed by atoms with Gasteiger partial charge in [-0.25, -0.2) is 9.90 Å². The van der Waals surface area contributed by atoms with Crippen molar-refractivity contribution in [2.24, 2.45) is 11.3 Å². The van der Waals surface area contributed by atoms with Crippen LogP contribution in [0.1, 0.15) is 85.5 Å². The van der Waals surface area contributed by atoms with Crippen molar-refractivity contribution in [2.75, 3.05) is 0 Å². The smallest absolute Gasteiger partial charge is 0.247 e. The Balaban J connectivity index is 4.04. The zero-order valence-corrected chi connectivity index (χ0v) is 12.8. The van der Waals surface area contributed by atoms with Crippen LogP contribution < -0.4 is 0 Å². The Morgan fingerprint density at radius 3 is 1.89 bits per heavy atom. The molecule has 0 saturated carbocycles. The van der Waals surface area contributed by atoms with Crippen LogP contribution in [-0.2, 0) is 9.90 Å². The molecule has 0 aromatic carbocycles. The van der Waals surface area contributed by atoms with Crippen LogP contribution >= 0.6 is 0 Å². The fraction of sp³-hybridized carbons (Fsp3) is 0.938. The van der Waals surface area contributed by atoms with E-state index in [2.05, 4.69) is 13.8 Å². The number of hydrogen-bond acceptors (Lipinski definition) is 1. The van der Waals surface area contributed by atoms with Crippen molar-refractivity contribution in [3.8, 4) is 0 Å². The first-order chi connectivity index (χ1) is 8.55. The lowest BCUT2D eigenvalue weighted by molar-refractivity contribution is -0.160. The van der Waals surface area contributed by atoms with Crippen molar-refractivity contribution < 1.29 is 9.90 Å². The molecule has 0 aliphatic rings. The molecule has 18 heavy (non-hydrogen) atoms. The van der Waals surface area contributed by atoms with E-state index < -0.39 is 11.4 Å². The highest BCUT2D eigenvalue weighted by Gasteiger charge is 2.41. The minimum atomic E-state index is -0.856. The zero-order valence-electron chi connectivity index (χ0n) is 12.8. The van der Waals surface area contributed by atoms with E-state index in [1.165, 1.54) is 32.1 Å². The summed E-state index contributed by atoms with van der Waals surface area (Å²) in [5, 5.41) is 11.4. The molecule has 0 heterocycles. The van der Waals surface area contributed by atoms with E-state index in [9.17, 15) is 9.90 Å². The summed E-state index contributed by atoms with van der Waals surface area (Å²) in [5.41, 5.74) is -0.608. The van der Waals surface area contributed by atoms with Crippen molar-refractivity contribution in [3.05, 3.63) is 0 Å². The minimum absolute atomic E-state index is 0.226. The second-order valence-electron chi connectivity index (χ2n) is 5.61. The van der Waals surface area contributed by atoms with Gasteiger partial charge in [0.25, 0.3) is 0 Å². The Labute approximate surface area is 113 Å². The van der Waals surface area contributed by atoms with E-state index in [1.807, 2.05) is 13.8 Å². The van der Waals surface area contributed by atoms with E-state index in [-0.39, 0.29) is 5.92 Å². The van der Waals surface area contributed by atoms with E-state index in [1.54, 1.807) is 0 Å². The van der Waals surface area contributed by atoms with Gasteiger partial charge >= 0.3 is 5.97 Å². The number of carbonyl (C=O) groups is 1. The average molecular weight is 255 g/mol. The van der Waals surface area contributed by atoms with E-state index in [4.69, 9.17) is 0 Å². The number of unbranched alkanes of at least 4 members (excludes halogenated alkanes) is 5. The fourth-order valence-electron chi connectivity index (χ4n) is 2.94. The van der Waals surface area contributed by atoms with Crippen LogP contribution in [0.3, 0.4) is 0 Å². The molecule has 0 rings (SSSR count). The maximum absolute atomic E-state index is 11.4. The molecule has 107 valence electrons. The van der Waals surface area contributed by atoms with Crippen LogP contribution in [0.25, 0.3) is 0 Å². The molecule has 1 radical (unpaired) electrons. The van der Waals surface area contributed by atoms with E-state index in [0.29, 0.717) is 12.8 Å². The van der Waals surface area contributed by atoms with Gasteiger partial charge in [-0.1, -0.05) is 66.2 Å². The highest BCUT2D eigenvalue weighted by atomic mass is 16.4. The number of carbonyl (C=O) groups excluding carboxylic acids is 1. The second-order valence-corrected chi connectivity index (χ2v) is 5.61. The van der Waals surface area contributed by atoms with Crippen molar-refractivity contribution in [2.45, 2.75) is 85.5 Å². The monoisotopic (exact) mass is 255 g/mol. The Morgan fingerprint density at radius 2 is 1.44 bits per heavy atom. The predicted molar refractivity (Wildman–Crippen MR) is 75.9 cm³/mol. The maximum Gasteiger partial charge on any atom is 0.361 e. The van der Waals surface area contributed by atoms with Crippen molar-refractivity contribution in [1.82, 2.24) is 0 Å². The highest BCUT2D eigenvalue weighted by molar-refractivity contribution is 5.74. The summed E-state index contributed by atoms with van der Waals surface area (Å²) in [6, 6.07) is 0. The summed E-state index contributed by atoms with van der Waals surface area (Å²) in [5.74, 6) is -0.630. The quantitative estimate of drug-likeness (QED) is 0.471. The molecule has 0 aliphatic carbocycles. The SMILES string of the molecule is CCCCCCCCC(C)C(CC)(CC)C([O])=O. The summed E-state index contributed by atoms with van der Waals surface area (Å²) < 4.78 is 0. The summed E-state index contributed by atoms with van der Waals surface area (Å²) in [6.45, 7) is 8.24. The van der Waals surface area contributed by atoms with Crippen LogP contribution in [-0.4, -0.2) is 5.97 Å². The molecule has 0 fully saturated rings. The summed E-state index contributed by atoms with van der Waals surface area (Å²) >= 11 is 0. The van der Waals surface area contributed by atoms with Crippen molar-refractivity contribution >= 4 is 5.97 Å². The van der Waals surface area contributed by atoms with Gasteiger partial charge in [0.2, 0.25) is 0 Å². The first-order valence-electron chi connectivity index (χ1n) is 7.76. The molecule has 0 aromatic heterocycles. The van der Waals surface area contributed by atoms with Gasteiger partial charge in [-0.05, 0) is 25.2 Å². The number of hydrogen-bond donors (Lipinski definition) is 0. The lowest BCUT2D eigenvalue weighted by Gasteiger charge is -2.32. The molecule has 0 bridgehead atoms. The molecular formula is C16H31O2. The van der Waals surface area contributed by atoms with Gasteiger partial charge in [0.05, 0.1) is 5.41 Å². The first-order valence-corrected chi connectivity index (χ1v) is 7.76. The molecule has 0 aliphatic heterocycles. The Hall–Kier alpha value is -0.530. The molecule has 0 N–H and O–H groups in total. The number of rotatable bonds is 11. The molecule has 1 atom stereocenters. The lowest BCUT2D eigenvalue weighted by Crippen LogP contribution is -2.35. The highest BCUT2D eigenvalue weighted by Crippen LogP contribution is 2.38. The summed E-state index contributed by atoms with van der Waals surface area (Å²) in [4.78, 5) is 11.4. The van der Waals surface area contributed by atoms with Gasteiger partial charge in [-0.3, -0.25) is 0 Å². The molecule has 0 spiro atoms. The van der Waals surface area contributed by atoms with Gasteiger partial charge in [0, 0.05) is 0 Å². The molecule has 2 nitrogen and oxygen atoms in total. The molecule has 2 heteroatoms. The van der Waals surface area contributed by atoms with E-state index >= 15 is 0 Å². The van der Waals surface area contributed by atoms with Gasteiger partial charge in [0.1, 0.15) is 0 Å². The van der Waals surface area contributed by atoms with Crippen LogP contribution in [0.15, 0.2) is 0 Å². The summed E-state index contributed by atoms with van der Waals surface area (Å²) in [6.07, 6.45) is 9.97. The van der Waals surface area contributed by atoms with Crippen LogP contribution in [0.5, 0.6) is 0 Å². The third-order valence-corrected chi connectivity index (χ3v) is 4.60. The van der Waals surface area contributed by atoms with Gasteiger partial charge in [0.15, 0.2) is 0 Å². The molecule has 0 amide bonds. The normalized spacial score (nSPS) is 13.6. The van der Waals surface area contributed by atoms with Crippen molar-refractivity contribution in [1.29, 1.82) is 0 Å². The second kappa shape index (κ2) is 9.41. The lowest BCUT2D eigenvalue weighted by atomic mass is 9.70.